The summed E-state index contributed by atoms with van der Waals surface area (Å²) in [6.45, 7) is 5.75. The van der Waals surface area contributed by atoms with Crippen molar-refractivity contribution in [2.75, 3.05) is 0 Å². The molecule has 116 valence electrons. The molecule has 23 heavy (non-hydrogen) atoms. The SMILES string of the molecule is C=C(C)c1cc(-c2ccc(F)cc2-c2nncn2C)cc(Cl)n1. The second kappa shape index (κ2) is 5.93. The number of nitrogens with zero attached hydrogens (tertiary/aromatic N) is 4. The van der Waals surface area contributed by atoms with Gasteiger partial charge in [0.1, 0.15) is 17.3 Å². The van der Waals surface area contributed by atoms with Crippen LogP contribution in [0.4, 0.5) is 4.39 Å². The fraction of sp³-hybridized carbons (Fsp3) is 0.118. The van der Waals surface area contributed by atoms with Crippen LogP contribution in [0.5, 0.6) is 0 Å². The maximum atomic E-state index is 13.8. The lowest BCUT2D eigenvalue weighted by Crippen LogP contribution is -1.96. The van der Waals surface area contributed by atoms with Crippen LogP contribution in [0.25, 0.3) is 28.1 Å². The molecule has 0 unspecified atom stereocenters. The van der Waals surface area contributed by atoms with E-state index >= 15 is 0 Å². The average Bonchev–Trinajstić information content (AvgIpc) is 2.92. The first kappa shape index (κ1) is 15.4. The Hall–Kier alpha value is -2.53. The number of benzene rings is 1. The van der Waals surface area contributed by atoms with Crippen molar-refractivity contribution in [1.29, 1.82) is 0 Å². The number of hydrogen-bond acceptors (Lipinski definition) is 3. The third-order valence-corrected chi connectivity index (χ3v) is 3.67. The fourth-order valence-corrected chi connectivity index (χ4v) is 2.56. The van der Waals surface area contributed by atoms with Gasteiger partial charge in [-0.3, -0.25) is 0 Å². The zero-order valence-corrected chi connectivity index (χ0v) is 13.5. The molecule has 0 saturated carbocycles. The molecule has 2 aromatic heterocycles. The lowest BCUT2D eigenvalue weighted by Gasteiger charge is -2.11. The Morgan fingerprint density at radius 2 is 2.00 bits per heavy atom. The van der Waals surface area contributed by atoms with E-state index in [0.717, 1.165) is 16.7 Å². The smallest absolute Gasteiger partial charge is 0.164 e. The monoisotopic (exact) mass is 328 g/mol. The van der Waals surface area contributed by atoms with E-state index in [-0.39, 0.29) is 5.82 Å². The first-order chi connectivity index (χ1) is 11.0. The lowest BCUT2D eigenvalue weighted by molar-refractivity contribution is 0.628. The zero-order chi connectivity index (χ0) is 16.6. The van der Waals surface area contributed by atoms with Crippen LogP contribution in [0.1, 0.15) is 12.6 Å². The fourth-order valence-electron chi connectivity index (χ4n) is 2.35. The molecule has 1 aromatic carbocycles. The molecule has 3 aromatic rings. The van der Waals surface area contributed by atoms with Crippen LogP contribution in [0, 0.1) is 5.82 Å². The van der Waals surface area contributed by atoms with Gasteiger partial charge in [0.15, 0.2) is 5.82 Å². The third-order valence-electron chi connectivity index (χ3n) is 3.48. The Kier molecular flexibility index (Phi) is 3.96. The Labute approximate surface area is 138 Å². The average molecular weight is 329 g/mol. The molecule has 0 spiro atoms. The van der Waals surface area contributed by atoms with Gasteiger partial charge in [-0.15, -0.1) is 10.2 Å². The highest BCUT2D eigenvalue weighted by Gasteiger charge is 2.15. The van der Waals surface area contributed by atoms with E-state index in [9.17, 15) is 4.39 Å². The molecule has 0 N–H and O–H groups in total. The first-order valence-corrected chi connectivity index (χ1v) is 7.31. The second-order valence-electron chi connectivity index (χ2n) is 5.30. The number of halogens is 2. The van der Waals surface area contributed by atoms with Gasteiger partial charge in [0.05, 0.1) is 5.69 Å². The summed E-state index contributed by atoms with van der Waals surface area (Å²) in [5.74, 6) is 0.233. The number of hydrogen-bond donors (Lipinski definition) is 0. The largest absolute Gasteiger partial charge is 0.317 e. The summed E-state index contributed by atoms with van der Waals surface area (Å²) < 4.78 is 15.5. The zero-order valence-electron chi connectivity index (χ0n) is 12.7. The summed E-state index contributed by atoms with van der Waals surface area (Å²) in [7, 11) is 1.81. The molecule has 0 radical (unpaired) electrons. The summed E-state index contributed by atoms with van der Waals surface area (Å²) >= 11 is 6.12. The van der Waals surface area contributed by atoms with E-state index in [1.54, 1.807) is 23.0 Å². The Bertz CT molecular complexity index is 901. The second-order valence-corrected chi connectivity index (χ2v) is 5.69. The summed E-state index contributed by atoms with van der Waals surface area (Å²) in [5, 5.41) is 8.29. The van der Waals surface area contributed by atoms with Gasteiger partial charge in [-0.2, -0.15) is 0 Å². The first-order valence-electron chi connectivity index (χ1n) is 6.93. The molecule has 0 saturated heterocycles. The van der Waals surface area contributed by atoms with Crippen LogP contribution in [0.2, 0.25) is 5.15 Å². The topological polar surface area (TPSA) is 43.6 Å². The molecular weight excluding hydrogens is 315 g/mol. The van der Waals surface area contributed by atoms with Crippen molar-refractivity contribution in [2.45, 2.75) is 6.92 Å². The van der Waals surface area contributed by atoms with Crippen molar-refractivity contribution in [3.63, 3.8) is 0 Å². The molecule has 0 amide bonds. The molecule has 0 aliphatic heterocycles. The Morgan fingerprint density at radius 1 is 1.22 bits per heavy atom. The normalized spacial score (nSPS) is 10.8. The van der Waals surface area contributed by atoms with E-state index < -0.39 is 0 Å². The molecule has 0 bridgehead atoms. The lowest BCUT2D eigenvalue weighted by atomic mass is 9.98. The Morgan fingerprint density at radius 3 is 2.65 bits per heavy atom. The quantitative estimate of drug-likeness (QED) is 0.670. The van der Waals surface area contributed by atoms with E-state index in [1.807, 2.05) is 20.0 Å². The van der Waals surface area contributed by atoms with Gasteiger partial charge in [-0.25, -0.2) is 9.37 Å². The summed E-state index contributed by atoms with van der Waals surface area (Å²) in [4.78, 5) is 4.25. The number of aryl methyl sites for hydroxylation is 1. The number of rotatable bonds is 3. The van der Waals surface area contributed by atoms with Crippen LogP contribution >= 0.6 is 11.6 Å². The van der Waals surface area contributed by atoms with Gasteiger partial charge < -0.3 is 4.57 Å². The van der Waals surface area contributed by atoms with Gasteiger partial charge in [-0.1, -0.05) is 24.2 Å². The summed E-state index contributed by atoms with van der Waals surface area (Å²) in [6.07, 6.45) is 1.57. The predicted molar refractivity (Wildman–Crippen MR) is 89.3 cm³/mol. The van der Waals surface area contributed by atoms with Crippen LogP contribution in [0.15, 0.2) is 43.2 Å². The van der Waals surface area contributed by atoms with Crippen LogP contribution < -0.4 is 0 Å². The van der Waals surface area contributed by atoms with Crippen LogP contribution in [-0.2, 0) is 7.05 Å². The minimum absolute atomic E-state index is 0.341. The van der Waals surface area contributed by atoms with Crippen LogP contribution in [-0.4, -0.2) is 19.7 Å². The molecule has 6 heteroatoms. The molecule has 0 aliphatic carbocycles. The molecule has 3 rings (SSSR count). The maximum Gasteiger partial charge on any atom is 0.164 e. The van der Waals surface area contributed by atoms with Crippen molar-refractivity contribution in [3.8, 4) is 22.5 Å². The van der Waals surface area contributed by atoms with Gasteiger partial charge >= 0.3 is 0 Å². The molecule has 0 aliphatic rings. The minimum atomic E-state index is -0.341. The molecule has 2 heterocycles. The van der Waals surface area contributed by atoms with Gasteiger partial charge in [0, 0.05) is 12.6 Å². The third kappa shape index (κ3) is 3.00. The molecule has 0 atom stereocenters. The van der Waals surface area contributed by atoms with Crippen molar-refractivity contribution in [3.05, 3.63) is 59.9 Å². The summed E-state index contributed by atoms with van der Waals surface area (Å²) in [5.41, 5.74) is 3.76. The highest BCUT2D eigenvalue weighted by molar-refractivity contribution is 6.29. The van der Waals surface area contributed by atoms with Gasteiger partial charge in [0.25, 0.3) is 0 Å². The molecule has 4 nitrogen and oxygen atoms in total. The van der Waals surface area contributed by atoms with E-state index in [4.69, 9.17) is 11.6 Å². The summed E-state index contributed by atoms with van der Waals surface area (Å²) in [6, 6.07) is 8.16. The van der Waals surface area contributed by atoms with Crippen molar-refractivity contribution >= 4 is 17.2 Å². The van der Waals surface area contributed by atoms with E-state index in [2.05, 4.69) is 21.8 Å². The van der Waals surface area contributed by atoms with Gasteiger partial charge in [0.2, 0.25) is 0 Å². The van der Waals surface area contributed by atoms with Gasteiger partial charge in [-0.05, 0) is 47.9 Å². The highest BCUT2D eigenvalue weighted by Crippen LogP contribution is 2.33. The number of pyridine rings is 1. The van der Waals surface area contributed by atoms with E-state index in [1.165, 1.54) is 12.1 Å². The number of allylic oxidation sites excluding steroid dienone is 1. The maximum absolute atomic E-state index is 13.8. The minimum Gasteiger partial charge on any atom is -0.317 e. The Balaban J connectivity index is 2.25. The van der Waals surface area contributed by atoms with Crippen LogP contribution in [0.3, 0.4) is 0 Å². The standard InChI is InChI=1S/C17H14ClFN4/c1-10(2)15-6-11(7-16(18)21-15)13-5-4-12(19)8-14(13)17-22-20-9-23(17)3/h4-9H,1H2,2-3H3. The molecule has 0 fully saturated rings. The number of aromatic nitrogens is 4. The van der Waals surface area contributed by atoms with Crippen molar-refractivity contribution in [1.82, 2.24) is 19.7 Å². The molecular formula is C17H14ClFN4. The predicted octanol–water partition coefficient (Wildman–Crippen LogP) is 4.37. The van der Waals surface area contributed by atoms with Crippen molar-refractivity contribution in [2.24, 2.45) is 7.05 Å². The highest BCUT2D eigenvalue weighted by atomic mass is 35.5. The van der Waals surface area contributed by atoms with Crippen molar-refractivity contribution < 1.29 is 4.39 Å². The van der Waals surface area contributed by atoms with E-state index in [0.29, 0.717) is 22.2 Å².